The Morgan fingerprint density at radius 2 is 1.80 bits per heavy atom. The second-order valence-electron chi connectivity index (χ2n) is 8.09. The van der Waals surface area contributed by atoms with E-state index in [1.807, 2.05) is 41.3 Å². The average molecular weight is 509 g/mol. The highest BCUT2D eigenvalue weighted by atomic mass is 35.5. The van der Waals surface area contributed by atoms with Gasteiger partial charge in [0.2, 0.25) is 5.91 Å². The Hall–Kier alpha value is -3.29. The molecule has 4 rings (SSSR count). The number of thioether (sulfide) groups is 1. The van der Waals surface area contributed by atoms with Crippen LogP contribution in [-0.2, 0) is 16.1 Å². The summed E-state index contributed by atoms with van der Waals surface area (Å²) in [4.78, 5) is 39.4. The molecule has 0 radical (unpaired) electrons. The number of hydrogen-bond acceptors (Lipinski definition) is 5. The van der Waals surface area contributed by atoms with Crippen molar-refractivity contribution in [1.29, 1.82) is 0 Å². The molecule has 0 saturated carbocycles. The van der Waals surface area contributed by atoms with Crippen LogP contribution in [0.5, 0.6) is 0 Å². The summed E-state index contributed by atoms with van der Waals surface area (Å²) in [6.07, 6.45) is 0. The van der Waals surface area contributed by atoms with E-state index < -0.39 is 5.97 Å². The number of carbonyl (C=O) groups is 3. The Kier molecular flexibility index (Phi) is 7.78. The number of esters is 1. The monoisotopic (exact) mass is 508 g/mol. The van der Waals surface area contributed by atoms with Crippen molar-refractivity contribution in [3.05, 3.63) is 99.6 Å². The Labute approximate surface area is 213 Å². The van der Waals surface area contributed by atoms with Crippen molar-refractivity contribution in [1.82, 2.24) is 4.90 Å². The topological polar surface area (TPSA) is 75.7 Å². The molecule has 180 valence electrons. The summed E-state index contributed by atoms with van der Waals surface area (Å²) < 4.78 is 5.09. The van der Waals surface area contributed by atoms with Crippen molar-refractivity contribution in [3.8, 4) is 0 Å². The standard InChI is InChI=1S/C27H25ClN2O4S/c1-3-34-27(33)22-5-4-6-23(17(22)2)29-25(32)19-9-11-20(12-10-19)26-30(24(31)16-35-26)15-18-7-13-21(28)14-8-18/h4-14,26H,3,15-16H2,1-2H3,(H,29,32). The lowest BCUT2D eigenvalue weighted by Crippen LogP contribution is -2.27. The molecule has 1 atom stereocenters. The number of carbonyl (C=O) groups excluding carboxylic acids is 3. The van der Waals surface area contributed by atoms with E-state index in [-0.39, 0.29) is 23.8 Å². The molecule has 6 nitrogen and oxygen atoms in total. The van der Waals surface area contributed by atoms with E-state index in [4.69, 9.17) is 16.3 Å². The van der Waals surface area contributed by atoms with Crippen molar-refractivity contribution in [2.24, 2.45) is 0 Å². The molecule has 1 unspecified atom stereocenters. The van der Waals surface area contributed by atoms with Crippen LogP contribution in [0.3, 0.4) is 0 Å². The largest absolute Gasteiger partial charge is 0.462 e. The summed E-state index contributed by atoms with van der Waals surface area (Å²) in [5, 5.41) is 3.41. The maximum Gasteiger partial charge on any atom is 0.338 e. The van der Waals surface area contributed by atoms with Crippen molar-refractivity contribution < 1.29 is 19.1 Å². The van der Waals surface area contributed by atoms with Gasteiger partial charge in [0, 0.05) is 22.8 Å². The van der Waals surface area contributed by atoms with Crippen LogP contribution in [0, 0.1) is 6.92 Å². The van der Waals surface area contributed by atoms with Gasteiger partial charge in [0.15, 0.2) is 0 Å². The lowest BCUT2D eigenvalue weighted by Gasteiger charge is -2.24. The third-order valence-corrected chi connectivity index (χ3v) is 7.28. The number of benzene rings is 3. The zero-order valence-corrected chi connectivity index (χ0v) is 21.0. The summed E-state index contributed by atoms with van der Waals surface area (Å²) in [7, 11) is 0. The molecule has 0 spiro atoms. The highest BCUT2D eigenvalue weighted by Crippen LogP contribution is 2.39. The second-order valence-corrected chi connectivity index (χ2v) is 9.59. The molecular weight excluding hydrogens is 484 g/mol. The molecule has 35 heavy (non-hydrogen) atoms. The summed E-state index contributed by atoms with van der Waals surface area (Å²) in [5.74, 6) is -0.212. The summed E-state index contributed by atoms with van der Waals surface area (Å²) in [6, 6.07) is 19.9. The van der Waals surface area contributed by atoms with Gasteiger partial charge in [-0.3, -0.25) is 9.59 Å². The first kappa shape index (κ1) is 24.8. The van der Waals surface area contributed by atoms with E-state index in [2.05, 4.69) is 5.32 Å². The fourth-order valence-corrected chi connectivity index (χ4v) is 5.20. The molecule has 2 amide bonds. The molecule has 1 saturated heterocycles. The number of ether oxygens (including phenoxy) is 1. The van der Waals surface area contributed by atoms with Gasteiger partial charge < -0.3 is 15.0 Å². The zero-order valence-electron chi connectivity index (χ0n) is 19.4. The van der Waals surface area contributed by atoms with Gasteiger partial charge in [-0.05, 0) is 66.9 Å². The molecule has 0 aliphatic carbocycles. The van der Waals surface area contributed by atoms with Gasteiger partial charge in [-0.2, -0.15) is 0 Å². The lowest BCUT2D eigenvalue weighted by atomic mass is 10.1. The van der Waals surface area contributed by atoms with Crippen LogP contribution in [0.15, 0.2) is 66.7 Å². The van der Waals surface area contributed by atoms with Crippen LogP contribution >= 0.6 is 23.4 Å². The first-order chi connectivity index (χ1) is 16.9. The van der Waals surface area contributed by atoms with E-state index in [1.54, 1.807) is 55.9 Å². The van der Waals surface area contributed by atoms with Gasteiger partial charge in [-0.15, -0.1) is 11.8 Å². The first-order valence-corrected chi connectivity index (χ1v) is 12.6. The fourth-order valence-electron chi connectivity index (χ4n) is 3.88. The number of amides is 2. The molecule has 3 aromatic carbocycles. The number of nitrogens with one attached hydrogen (secondary N) is 1. The SMILES string of the molecule is CCOC(=O)c1cccc(NC(=O)c2ccc(C3SCC(=O)N3Cc3ccc(Cl)cc3)cc2)c1C. The van der Waals surface area contributed by atoms with Gasteiger partial charge in [0.1, 0.15) is 5.37 Å². The van der Waals surface area contributed by atoms with Gasteiger partial charge in [-0.1, -0.05) is 41.9 Å². The molecule has 8 heteroatoms. The summed E-state index contributed by atoms with van der Waals surface area (Å²) in [5.41, 5.74) is 4.06. The molecule has 0 bridgehead atoms. The van der Waals surface area contributed by atoms with E-state index in [0.717, 1.165) is 11.1 Å². The van der Waals surface area contributed by atoms with Crippen molar-refractivity contribution in [2.45, 2.75) is 25.8 Å². The first-order valence-electron chi connectivity index (χ1n) is 11.2. The fraction of sp³-hybridized carbons (Fsp3) is 0.222. The zero-order chi connectivity index (χ0) is 24.9. The molecule has 0 aromatic heterocycles. The number of anilines is 1. The van der Waals surface area contributed by atoms with Gasteiger partial charge in [0.05, 0.1) is 17.9 Å². The maximum atomic E-state index is 12.9. The lowest BCUT2D eigenvalue weighted by molar-refractivity contribution is -0.128. The number of nitrogens with zero attached hydrogens (tertiary/aromatic N) is 1. The number of hydrogen-bond donors (Lipinski definition) is 1. The molecule has 1 fully saturated rings. The smallest absolute Gasteiger partial charge is 0.338 e. The number of halogens is 1. The molecule has 3 aromatic rings. The highest BCUT2D eigenvalue weighted by Gasteiger charge is 2.32. The van der Waals surface area contributed by atoms with Gasteiger partial charge >= 0.3 is 5.97 Å². The van der Waals surface area contributed by atoms with E-state index >= 15 is 0 Å². The minimum atomic E-state index is -0.419. The van der Waals surface area contributed by atoms with Crippen LogP contribution in [0.2, 0.25) is 5.02 Å². The third-order valence-electron chi connectivity index (χ3n) is 5.77. The Morgan fingerprint density at radius 3 is 2.49 bits per heavy atom. The second kappa shape index (κ2) is 11.0. The van der Waals surface area contributed by atoms with E-state index in [1.165, 1.54) is 0 Å². The minimum Gasteiger partial charge on any atom is -0.462 e. The van der Waals surface area contributed by atoms with Crippen LogP contribution in [0.1, 0.15) is 49.7 Å². The maximum absolute atomic E-state index is 12.9. The summed E-state index contributed by atoms with van der Waals surface area (Å²) >= 11 is 7.55. The van der Waals surface area contributed by atoms with Gasteiger partial charge in [0.25, 0.3) is 5.91 Å². The van der Waals surface area contributed by atoms with Crippen molar-refractivity contribution in [3.63, 3.8) is 0 Å². The third kappa shape index (κ3) is 5.69. The summed E-state index contributed by atoms with van der Waals surface area (Å²) in [6.45, 7) is 4.29. The van der Waals surface area contributed by atoms with E-state index in [9.17, 15) is 14.4 Å². The van der Waals surface area contributed by atoms with Crippen molar-refractivity contribution >= 4 is 46.8 Å². The highest BCUT2D eigenvalue weighted by molar-refractivity contribution is 8.00. The van der Waals surface area contributed by atoms with Gasteiger partial charge in [-0.25, -0.2) is 4.79 Å². The van der Waals surface area contributed by atoms with Crippen LogP contribution in [0.4, 0.5) is 5.69 Å². The number of rotatable bonds is 7. The Morgan fingerprint density at radius 1 is 1.09 bits per heavy atom. The normalized spacial score (nSPS) is 15.2. The Balaban J connectivity index is 1.47. The molecule has 1 N–H and O–H groups in total. The molecule has 1 heterocycles. The molecule has 1 aliphatic rings. The Bertz CT molecular complexity index is 1250. The molecular formula is C27H25ClN2O4S. The van der Waals surface area contributed by atoms with Crippen LogP contribution in [-0.4, -0.2) is 35.0 Å². The van der Waals surface area contributed by atoms with Crippen molar-refractivity contribution in [2.75, 3.05) is 17.7 Å². The van der Waals surface area contributed by atoms with E-state index in [0.29, 0.717) is 39.7 Å². The predicted octanol–water partition coefficient (Wildman–Crippen LogP) is 5.85. The molecule has 1 aliphatic heterocycles. The minimum absolute atomic E-state index is 0.0775. The van der Waals surface area contributed by atoms with Crippen LogP contribution in [0.25, 0.3) is 0 Å². The average Bonchev–Trinajstić information content (AvgIpc) is 3.22. The van der Waals surface area contributed by atoms with Crippen LogP contribution < -0.4 is 5.32 Å². The quantitative estimate of drug-likeness (QED) is 0.405. The predicted molar refractivity (Wildman–Crippen MR) is 139 cm³/mol.